The van der Waals surface area contributed by atoms with Gasteiger partial charge in [-0.25, -0.2) is 9.78 Å². The SMILES string of the molecule is Cc1nc(SCC(=O)Nc2ccc(C(=O)O)c(Cl)c2)[nH]c(=O)c1C. The highest BCUT2D eigenvalue weighted by Gasteiger charge is 2.11. The molecule has 1 aromatic heterocycles. The Kier molecular flexibility index (Phi) is 5.63. The van der Waals surface area contributed by atoms with Crippen LogP contribution in [0.5, 0.6) is 0 Å². The predicted octanol–water partition coefficient (Wildman–Crippen LogP) is 2.47. The smallest absolute Gasteiger partial charge is 0.337 e. The van der Waals surface area contributed by atoms with Gasteiger partial charge < -0.3 is 15.4 Å². The Hall–Kier alpha value is -2.32. The van der Waals surface area contributed by atoms with Crippen molar-refractivity contribution in [2.45, 2.75) is 19.0 Å². The van der Waals surface area contributed by atoms with Crippen molar-refractivity contribution in [2.24, 2.45) is 0 Å². The van der Waals surface area contributed by atoms with Crippen molar-refractivity contribution in [1.29, 1.82) is 0 Å². The summed E-state index contributed by atoms with van der Waals surface area (Å²) in [5.74, 6) is -1.44. The molecule has 3 N–H and O–H groups in total. The fourth-order valence-corrected chi connectivity index (χ4v) is 2.75. The average molecular weight is 368 g/mol. The lowest BCUT2D eigenvalue weighted by molar-refractivity contribution is -0.113. The minimum absolute atomic E-state index is 0.0315. The molecular weight excluding hydrogens is 354 g/mol. The van der Waals surface area contributed by atoms with Crippen molar-refractivity contribution in [2.75, 3.05) is 11.1 Å². The van der Waals surface area contributed by atoms with Gasteiger partial charge in [-0.2, -0.15) is 0 Å². The number of aromatic nitrogens is 2. The van der Waals surface area contributed by atoms with Crippen LogP contribution < -0.4 is 10.9 Å². The summed E-state index contributed by atoms with van der Waals surface area (Å²) in [6, 6.07) is 4.13. The molecule has 0 radical (unpaired) electrons. The zero-order chi connectivity index (χ0) is 17.9. The second kappa shape index (κ2) is 7.50. The summed E-state index contributed by atoms with van der Waals surface area (Å²) >= 11 is 6.93. The highest BCUT2D eigenvalue weighted by atomic mass is 35.5. The van der Waals surface area contributed by atoms with E-state index in [1.54, 1.807) is 13.8 Å². The van der Waals surface area contributed by atoms with E-state index in [-0.39, 0.29) is 27.8 Å². The van der Waals surface area contributed by atoms with Crippen molar-refractivity contribution in [3.05, 3.63) is 50.4 Å². The van der Waals surface area contributed by atoms with Crippen LogP contribution in [0, 0.1) is 13.8 Å². The monoisotopic (exact) mass is 367 g/mol. The first kappa shape index (κ1) is 18.0. The van der Waals surface area contributed by atoms with Gasteiger partial charge in [0.15, 0.2) is 5.16 Å². The van der Waals surface area contributed by atoms with Crippen LogP contribution in [0.4, 0.5) is 5.69 Å². The van der Waals surface area contributed by atoms with Crippen molar-refractivity contribution >= 4 is 40.9 Å². The third kappa shape index (κ3) is 4.36. The van der Waals surface area contributed by atoms with Gasteiger partial charge in [-0.1, -0.05) is 23.4 Å². The number of halogens is 1. The summed E-state index contributed by atoms with van der Waals surface area (Å²) in [7, 11) is 0. The van der Waals surface area contributed by atoms with Crippen molar-refractivity contribution in [3.8, 4) is 0 Å². The Morgan fingerprint density at radius 2 is 2.08 bits per heavy atom. The number of nitrogens with one attached hydrogen (secondary N) is 2. The van der Waals surface area contributed by atoms with E-state index in [2.05, 4.69) is 15.3 Å². The zero-order valence-electron chi connectivity index (χ0n) is 12.8. The number of rotatable bonds is 5. The number of hydrogen-bond donors (Lipinski definition) is 3. The summed E-state index contributed by atoms with van der Waals surface area (Å²) < 4.78 is 0. The van der Waals surface area contributed by atoms with Crippen LogP contribution in [0.2, 0.25) is 5.02 Å². The first-order valence-corrected chi connectivity index (χ1v) is 8.17. The average Bonchev–Trinajstić information content (AvgIpc) is 2.50. The minimum Gasteiger partial charge on any atom is -0.478 e. The van der Waals surface area contributed by atoms with Crippen molar-refractivity contribution in [1.82, 2.24) is 9.97 Å². The van der Waals surface area contributed by atoms with Gasteiger partial charge in [0, 0.05) is 16.9 Å². The first-order valence-electron chi connectivity index (χ1n) is 6.81. The van der Waals surface area contributed by atoms with Crippen LogP contribution in [0.15, 0.2) is 28.2 Å². The van der Waals surface area contributed by atoms with Crippen LogP contribution in [-0.4, -0.2) is 32.7 Å². The van der Waals surface area contributed by atoms with E-state index < -0.39 is 5.97 Å². The number of hydrogen-bond acceptors (Lipinski definition) is 5. The molecule has 0 unspecified atom stereocenters. The van der Waals surface area contributed by atoms with E-state index in [0.717, 1.165) is 11.8 Å². The zero-order valence-corrected chi connectivity index (χ0v) is 14.4. The Morgan fingerprint density at radius 3 is 2.67 bits per heavy atom. The van der Waals surface area contributed by atoms with Gasteiger partial charge in [-0.15, -0.1) is 0 Å². The number of aromatic carboxylic acids is 1. The van der Waals surface area contributed by atoms with E-state index in [1.165, 1.54) is 18.2 Å². The number of benzene rings is 1. The molecule has 0 aliphatic heterocycles. The van der Waals surface area contributed by atoms with Crippen LogP contribution in [0.25, 0.3) is 0 Å². The number of carboxylic acid groups (broad SMARTS) is 1. The molecular formula is C15H14ClN3O4S. The Balaban J connectivity index is 2.00. The quantitative estimate of drug-likeness (QED) is 0.552. The van der Waals surface area contributed by atoms with Gasteiger partial charge in [-0.05, 0) is 32.0 Å². The number of aryl methyl sites for hydroxylation is 1. The number of H-pyrrole nitrogens is 1. The Labute approximate surface area is 146 Å². The lowest BCUT2D eigenvalue weighted by Crippen LogP contribution is -2.17. The second-order valence-electron chi connectivity index (χ2n) is 4.92. The summed E-state index contributed by atoms with van der Waals surface area (Å²) in [6.45, 7) is 3.40. The van der Waals surface area contributed by atoms with E-state index >= 15 is 0 Å². The summed E-state index contributed by atoms with van der Waals surface area (Å²) in [5, 5.41) is 11.9. The number of aromatic amines is 1. The third-order valence-corrected chi connectivity index (χ3v) is 4.38. The van der Waals surface area contributed by atoms with Crippen LogP contribution in [0.3, 0.4) is 0 Å². The molecule has 0 saturated carbocycles. The molecule has 2 rings (SSSR count). The van der Waals surface area contributed by atoms with Gasteiger partial charge in [-0.3, -0.25) is 9.59 Å². The van der Waals surface area contributed by atoms with E-state index in [0.29, 0.717) is 22.1 Å². The standard InChI is InChI=1S/C15H14ClN3O4S/c1-7-8(2)17-15(19-13(7)21)24-6-12(20)18-9-3-4-10(14(22)23)11(16)5-9/h3-5H,6H2,1-2H3,(H,18,20)(H,22,23)(H,17,19,21). The molecule has 7 nitrogen and oxygen atoms in total. The molecule has 0 fully saturated rings. The summed E-state index contributed by atoms with van der Waals surface area (Å²) in [5.41, 5.74) is 1.26. The minimum atomic E-state index is -1.14. The molecule has 24 heavy (non-hydrogen) atoms. The van der Waals surface area contributed by atoms with Crippen molar-refractivity contribution in [3.63, 3.8) is 0 Å². The highest BCUT2D eigenvalue weighted by molar-refractivity contribution is 7.99. The molecule has 0 aliphatic carbocycles. The van der Waals surface area contributed by atoms with Gasteiger partial charge in [0.2, 0.25) is 5.91 Å². The predicted molar refractivity (Wildman–Crippen MR) is 92.1 cm³/mol. The van der Waals surface area contributed by atoms with Crippen LogP contribution in [0.1, 0.15) is 21.6 Å². The maximum atomic E-state index is 11.9. The molecule has 0 saturated heterocycles. The fraction of sp³-hybridized carbons (Fsp3) is 0.200. The molecule has 1 amide bonds. The molecule has 1 heterocycles. The maximum absolute atomic E-state index is 11.9. The largest absolute Gasteiger partial charge is 0.478 e. The topological polar surface area (TPSA) is 112 Å². The van der Waals surface area contributed by atoms with Crippen LogP contribution >= 0.6 is 23.4 Å². The normalized spacial score (nSPS) is 10.5. The summed E-state index contributed by atoms with van der Waals surface area (Å²) in [4.78, 5) is 41.3. The number of nitrogens with zero attached hydrogens (tertiary/aromatic N) is 1. The molecule has 1 aromatic carbocycles. The molecule has 0 atom stereocenters. The van der Waals surface area contributed by atoms with E-state index in [9.17, 15) is 14.4 Å². The Morgan fingerprint density at radius 1 is 1.38 bits per heavy atom. The fourth-order valence-electron chi connectivity index (χ4n) is 1.78. The highest BCUT2D eigenvalue weighted by Crippen LogP contribution is 2.21. The molecule has 9 heteroatoms. The number of amides is 1. The molecule has 0 bridgehead atoms. The van der Waals surface area contributed by atoms with Crippen LogP contribution in [-0.2, 0) is 4.79 Å². The number of carboxylic acids is 1. The number of carbonyl (C=O) groups excluding carboxylic acids is 1. The maximum Gasteiger partial charge on any atom is 0.337 e. The van der Waals surface area contributed by atoms with Gasteiger partial charge in [0.25, 0.3) is 5.56 Å². The Bertz CT molecular complexity index is 866. The third-order valence-electron chi connectivity index (χ3n) is 3.20. The van der Waals surface area contributed by atoms with E-state index in [4.69, 9.17) is 16.7 Å². The molecule has 0 aliphatic rings. The first-order chi connectivity index (χ1) is 11.3. The second-order valence-corrected chi connectivity index (χ2v) is 6.29. The number of thioether (sulfide) groups is 1. The number of carbonyl (C=O) groups is 2. The molecule has 2 aromatic rings. The number of anilines is 1. The molecule has 0 spiro atoms. The summed E-state index contributed by atoms with van der Waals surface area (Å²) in [6.07, 6.45) is 0. The molecule has 126 valence electrons. The van der Waals surface area contributed by atoms with E-state index in [1.807, 2.05) is 0 Å². The lowest BCUT2D eigenvalue weighted by atomic mass is 10.2. The van der Waals surface area contributed by atoms with Crippen molar-refractivity contribution < 1.29 is 14.7 Å². The lowest BCUT2D eigenvalue weighted by Gasteiger charge is -2.07. The van der Waals surface area contributed by atoms with Gasteiger partial charge in [0.05, 0.1) is 16.3 Å². The van der Waals surface area contributed by atoms with Gasteiger partial charge in [0.1, 0.15) is 0 Å². The van der Waals surface area contributed by atoms with Gasteiger partial charge >= 0.3 is 5.97 Å².